The van der Waals surface area contributed by atoms with Crippen molar-refractivity contribution >= 4 is 42.8 Å². The van der Waals surface area contributed by atoms with Gasteiger partial charge in [0.1, 0.15) is 0 Å². The average molecular weight is 392 g/mol. The Morgan fingerprint density at radius 2 is 2.08 bits per heavy atom. The van der Waals surface area contributed by atoms with E-state index in [9.17, 15) is 3.07 Å². The van der Waals surface area contributed by atoms with Crippen molar-refractivity contribution in [1.29, 1.82) is 0 Å². The molecule has 0 radical (unpaired) electrons. The van der Waals surface area contributed by atoms with Crippen LogP contribution in [0.5, 0.6) is 0 Å². The zero-order valence-corrected chi connectivity index (χ0v) is 11.3. The van der Waals surface area contributed by atoms with Gasteiger partial charge >= 0.3 is 93.9 Å². The van der Waals surface area contributed by atoms with Crippen LogP contribution in [0.15, 0.2) is 18.2 Å². The molecule has 0 aliphatic carbocycles. The molecule has 0 amide bonds. The Morgan fingerprint density at radius 1 is 1.42 bits per heavy atom. The molecule has 0 heterocycles. The van der Waals surface area contributed by atoms with Crippen molar-refractivity contribution in [2.45, 2.75) is 6.92 Å². The predicted molar refractivity (Wildman–Crippen MR) is 65.7 cm³/mol. The van der Waals surface area contributed by atoms with Gasteiger partial charge in [0.05, 0.1) is 0 Å². The Morgan fingerprint density at radius 3 is 2.58 bits per heavy atom. The van der Waals surface area contributed by atoms with Crippen molar-refractivity contribution in [2.24, 2.45) is 0 Å². The van der Waals surface area contributed by atoms with Gasteiger partial charge in [0.25, 0.3) is 0 Å². The zero-order valence-electron chi connectivity index (χ0n) is 6.83. The Balaban J connectivity index is 3.08. The van der Waals surface area contributed by atoms with Crippen molar-refractivity contribution in [1.82, 2.24) is 0 Å². The van der Waals surface area contributed by atoms with Gasteiger partial charge in [-0.1, -0.05) is 0 Å². The Kier molecular flexibility index (Phi) is 4.04. The van der Waals surface area contributed by atoms with Gasteiger partial charge in [0.15, 0.2) is 0 Å². The summed E-state index contributed by atoms with van der Waals surface area (Å²) in [7, 11) is 1.50. The van der Waals surface area contributed by atoms with E-state index < -0.39 is 20.2 Å². The van der Waals surface area contributed by atoms with Gasteiger partial charge < -0.3 is 0 Å². The molecular weight excluding hydrogens is 382 g/mol. The molecule has 0 bridgehead atoms. The fourth-order valence-electron chi connectivity index (χ4n) is 0.895. The molecule has 1 aromatic carbocycles. The van der Waals surface area contributed by atoms with Crippen LogP contribution in [0.2, 0.25) is 0 Å². The van der Waals surface area contributed by atoms with E-state index in [4.69, 9.17) is 3.07 Å². The molecule has 1 aromatic rings. The number of hydrogen-bond acceptors (Lipinski definition) is 2. The number of rotatable bonds is 2. The fraction of sp³-hybridized carbons (Fsp3) is 0.250. The molecule has 4 heteroatoms. The zero-order chi connectivity index (χ0) is 9.14. The number of benzene rings is 1. The molecule has 12 heavy (non-hydrogen) atoms. The minimum absolute atomic E-state index is 0.866. The van der Waals surface area contributed by atoms with Crippen LogP contribution in [-0.2, 0) is 6.14 Å². The van der Waals surface area contributed by atoms with Crippen molar-refractivity contribution in [3.8, 4) is 0 Å². The van der Waals surface area contributed by atoms with Gasteiger partial charge in [-0.25, -0.2) is 0 Å². The van der Waals surface area contributed by atoms with Crippen LogP contribution in [0.25, 0.3) is 0 Å². The maximum absolute atomic E-state index is 11.3. The third-order valence-corrected chi connectivity index (χ3v) is 4.62. The molecule has 68 valence electrons. The van der Waals surface area contributed by atoms with E-state index in [1.807, 2.05) is 25.1 Å². The molecule has 1 unspecified atom stereocenters. The van der Waals surface area contributed by atoms with Gasteiger partial charge in [-0.15, -0.1) is 0 Å². The molecule has 0 N–H and O–H groups in total. The fourth-order valence-corrected chi connectivity index (χ4v) is 4.37. The van der Waals surface area contributed by atoms with Crippen LogP contribution in [0.3, 0.4) is 0 Å². The van der Waals surface area contributed by atoms with E-state index in [0.717, 1.165) is 12.7 Å². The SMILES string of the molecule is CO[IH](=O)c1cc(C)cc(I)c1. The normalized spacial score (nSPS) is 14.4. The van der Waals surface area contributed by atoms with E-state index in [-0.39, 0.29) is 0 Å². The van der Waals surface area contributed by atoms with Crippen LogP contribution >= 0.6 is 42.8 Å². The predicted octanol–water partition coefficient (Wildman–Crippen LogP) is 2.91. The first-order valence-corrected chi connectivity index (χ1v) is 7.51. The molecule has 1 rings (SSSR count). The summed E-state index contributed by atoms with van der Waals surface area (Å²) in [6, 6.07) is 5.89. The van der Waals surface area contributed by atoms with Crippen LogP contribution in [0, 0.1) is 14.1 Å². The quantitative estimate of drug-likeness (QED) is 0.724. The molecule has 2 nitrogen and oxygen atoms in total. The molecule has 0 aromatic heterocycles. The third-order valence-electron chi connectivity index (χ3n) is 1.36. The monoisotopic (exact) mass is 392 g/mol. The average Bonchev–Trinajstić information content (AvgIpc) is 2.01. The Bertz CT molecular complexity index is 290. The summed E-state index contributed by atoms with van der Waals surface area (Å²) in [4.78, 5) is 0. The number of aryl methyl sites for hydroxylation is 1. The minimum atomic E-state index is -2.64. The summed E-state index contributed by atoms with van der Waals surface area (Å²) in [5.41, 5.74) is 1.13. The van der Waals surface area contributed by atoms with Gasteiger partial charge in [0, 0.05) is 0 Å². The second-order valence-corrected chi connectivity index (χ2v) is 7.25. The summed E-state index contributed by atoms with van der Waals surface area (Å²) >= 11 is -0.427. The summed E-state index contributed by atoms with van der Waals surface area (Å²) in [6.07, 6.45) is 0. The van der Waals surface area contributed by atoms with E-state index in [1.165, 1.54) is 7.11 Å². The van der Waals surface area contributed by atoms with E-state index in [1.54, 1.807) is 0 Å². The molecule has 1 atom stereocenters. The van der Waals surface area contributed by atoms with Crippen molar-refractivity contribution in [3.63, 3.8) is 0 Å². The van der Waals surface area contributed by atoms with Crippen LogP contribution in [0.1, 0.15) is 5.56 Å². The molecule has 0 fully saturated rings. The van der Waals surface area contributed by atoms with Crippen LogP contribution < -0.4 is 0 Å². The van der Waals surface area contributed by atoms with E-state index in [2.05, 4.69) is 22.6 Å². The van der Waals surface area contributed by atoms with E-state index in [0.29, 0.717) is 0 Å². The Labute approximate surface area is 93.1 Å². The standard InChI is InChI=1S/C8H10I2O2/c1-6-3-7(9)5-8(4-6)10(11)12-2/h3-5,10H,1-2H3. The summed E-state index contributed by atoms with van der Waals surface area (Å²) in [5.74, 6) is 0. The second kappa shape index (κ2) is 4.61. The first kappa shape index (κ1) is 10.5. The Hall–Kier alpha value is 0.440. The van der Waals surface area contributed by atoms with Crippen LogP contribution in [0.4, 0.5) is 0 Å². The molecule has 0 saturated heterocycles. The number of hydrogen-bond donors (Lipinski definition) is 0. The molecule has 0 aliphatic rings. The summed E-state index contributed by atoms with van der Waals surface area (Å²) in [5, 5.41) is 0. The first-order valence-electron chi connectivity index (χ1n) is 3.37. The summed E-state index contributed by atoms with van der Waals surface area (Å²) in [6.45, 7) is 1.99. The first-order chi connectivity index (χ1) is 5.63. The van der Waals surface area contributed by atoms with Gasteiger partial charge in [-0.3, -0.25) is 0 Å². The van der Waals surface area contributed by atoms with Gasteiger partial charge in [-0.05, 0) is 0 Å². The second-order valence-electron chi connectivity index (χ2n) is 2.37. The topological polar surface area (TPSA) is 26.3 Å². The van der Waals surface area contributed by atoms with Gasteiger partial charge in [-0.2, -0.15) is 0 Å². The van der Waals surface area contributed by atoms with Crippen LogP contribution in [-0.4, -0.2) is 7.11 Å². The van der Waals surface area contributed by atoms with Crippen molar-refractivity contribution in [3.05, 3.63) is 30.9 Å². The third kappa shape index (κ3) is 2.74. The molecule has 0 aliphatic heterocycles. The molecule has 0 saturated carbocycles. The van der Waals surface area contributed by atoms with E-state index >= 15 is 0 Å². The molecule has 0 spiro atoms. The maximum atomic E-state index is 11.3. The summed E-state index contributed by atoms with van der Waals surface area (Å²) < 4.78 is 18.2. The van der Waals surface area contributed by atoms with Crippen molar-refractivity contribution in [2.75, 3.05) is 7.11 Å². The number of halogens is 2. The van der Waals surface area contributed by atoms with Gasteiger partial charge in [0.2, 0.25) is 0 Å². The van der Waals surface area contributed by atoms with Crippen molar-refractivity contribution < 1.29 is 6.14 Å². The molecular formula is C8H10I2O2.